The van der Waals surface area contributed by atoms with Gasteiger partial charge in [0.2, 0.25) is 18.2 Å². The van der Waals surface area contributed by atoms with E-state index in [2.05, 4.69) is 21.4 Å². The number of aryl methyl sites for hydroxylation is 3. The van der Waals surface area contributed by atoms with E-state index in [1.165, 1.54) is 29.7 Å². The minimum absolute atomic E-state index is 0.00130. The fourth-order valence-electron chi connectivity index (χ4n) is 4.60. The first-order chi connectivity index (χ1) is 20.3. The van der Waals surface area contributed by atoms with Crippen molar-refractivity contribution in [1.29, 1.82) is 0 Å². The number of nitrogens with two attached hydrogens (primary N) is 1. The van der Waals surface area contributed by atoms with Gasteiger partial charge in [0.1, 0.15) is 17.4 Å². The molecule has 0 spiro atoms. The topological polar surface area (TPSA) is 82.6 Å². The average molecular weight is 613 g/mol. The summed E-state index contributed by atoms with van der Waals surface area (Å²) >= 11 is 6.35. The Morgan fingerprint density at radius 2 is 1.86 bits per heavy atom. The van der Waals surface area contributed by atoms with Crippen molar-refractivity contribution in [3.8, 4) is 5.75 Å². The van der Waals surface area contributed by atoms with Crippen molar-refractivity contribution in [1.82, 2.24) is 9.55 Å². The van der Waals surface area contributed by atoms with Crippen molar-refractivity contribution >= 4 is 35.5 Å². The molecule has 1 amide bonds. The number of carbonyl (C=O) groups excluding carboxylic acids is 1. The van der Waals surface area contributed by atoms with Crippen molar-refractivity contribution in [2.24, 2.45) is 12.9 Å². The lowest BCUT2D eigenvalue weighted by atomic mass is 9.97. The first-order valence-corrected chi connectivity index (χ1v) is 15.0. The van der Waals surface area contributed by atoms with Gasteiger partial charge in [-0.3, -0.25) is 4.79 Å². The molecule has 0 fully saturated rings. The molecule has 0 bridgehead atoms. The molecule has 2 N–H and O–H groups in total. The normalized spacial score (nSPS) is 12.3. The zero-order chi connectivity index (χ0) is 30.5. The summed E-state index contributed by atoms with van der Waals surface area (Å²) in [6.45, 7) is 6.43. The summed E-state index contributed by atoms with van der Waals surface area (Å²) in [4.78, 5) is 19.6. The second kappa shape index (κ2) is 16.9. The zero-order valence-electron chi connectivity index (χ0n) is 24.4. The molecule has 10 heteroatoms. The van der Waals surface area contributed by atoms with Gasteiger partial charge in [-0.2, -0.15) is 10.2 Å². The third-order valence-electron chi connectivity index (χ3n) is 6.80. The maximum absolute atomic E-state index is 13.3. The molecule has 1 atom stereocenters. The number of nitrogens with zero attached hydrogens (tertiary/aromatic N) is 3. The van der Waals surface area contributed by atoms with E-state index in [1.54, 1.807) is 42.6 Å². The van der Waals surface area contributed by atoms with Gasteiger partial charge in [0.05, 0.1) is 6.54 Å². The minimum atomic E-state index is -0.262. The van der Waals surface area contributed by atoms with E-state index in [9.17, 15) is 9.18 Å². The fraction of sp³-hybridized carbons (Fsp3) is 0.312. The molecule has 0 saturated carbocycles. The molecule has 3 aromatic carbocycles. The van der Waals surface area contributed by atoms with E-state index in [-0.39, 0.29) is 17.6 Å². The lowest BCUT2D eigenvalue weighted by Crippen LogP contribution is -2.32. The molecule has 0 saturated heterocycles. The Hall–Kier alpha value is -3.37. The highest BCUT2D eigenvalue weighted by molar-refractivity contribution is 7.90. The SMILES string of the molecule is CC.CC(CC(=O)N(Cc1nccn1C)c1ccc2c(c1)CCC2)c1ccc(F)cc1.NOSOc1cccc(Cl)c1. The van der Waals surface area contributed by atoms with Crippen molar-refractivity contribution in [2.75, 3.05) is 4.90 Å². The minimum Gasteiger partial charge on any atom is -0.399 e. The Kier molecular flexibility index (Phi) is 13.3. The molecular formula is C32H38ClFN4O3S. The second-order valence-electron chi connectivity index (χ2n) is 9.60. The molecule has 1 heterocycles. The first-order valence-electron chi connectivity index (χ1n) is 13.9. The van der Waals surface area contributed by atoms with Gasteiger partial charge in [-0.1, -0.05) is 56.6 Å². The molecular weight excluding hydrogens is 575 g/mol. The Morgan fingerprint density at radius 1 is 1.12 bits per heavy atom. The number of hydrogen-bond acceptors (Lipinski definition) is 6. The van der Waals surface area contributed by atoms with Gasteiger partial charge in [0, 0.05) is 42.6 Å². The molecule has 224 valence electrons. The summed E-state index contributed by atoms with van der Waals surface area (Å²) in [6, 6.07) is 19.7. The highest BCUT2D eigenvalue weighted by atomic mass is 35.5. The third-order valence-corrected chi connectivity index (χ3v) is 7.37. The standard InChI is InChI=1S/C24H26FN3O.C6H6ClNO2S.C2H6/c1-17(18-6-9-21(25)10-7-18)14-24(29)28(16-23-26-12-13-27(23)2)22-11-8-19-4-3-5-20(19)15-22;7-5-2-1-3-6(4-5)9-11-10-8;1-2/h6-13,15,17H,3-5,14,16H2,1-2H3;1-4H,8H2;1-2H3. The van der Waals surface area contributed by atoms with Gasteiger partial charge < -0.3 is 13.7 Å². The highest BCUT2D eigenvalue weighted by Gasteiger charge is 2.23. The van der Waals surface area contributed by atoms with Gasteiger partial charge in [-0.25, -0.2) is 9.37 Å². The van der Waals surface area contributed by atoms with Crippen LogP contribution in [0.25, 0.3) is 0 Å². The lowest BCUT2D eigenvalue weighted by molar-refractivity contribution is -0.119. The number of carbonyl (C=O) groups is 1. The summed E-state index contributed by atoms with van der Waals surface area (Å²) in [5.41, 5.74) is 4.61. The number of hydrogen-bond donors (Lipinski definition) is 1. The van der Waals surface area contributed by atoms with Gasteiger partial charge >= 0.3 is 0 Å². The van der Waals surface area contributed by atoms with Crippen molar-refractivity contribution in [3.63, 3.8) is 0 Å². The number of fused-ring (bicyclic) bond motifs is 1. The van der Waals surface area contributed by atoms with Gasteiger partial charge in [0.25, 0.3) is 0 Å². The molecule has 0 radical (unpaired) electrons. The molecule has 1 aliphatic rings. The van der Waals surface area contributed by atoms with Crippen molar-refractivity contribution in [2.45, 2.75) is 58.9 Å². The van der Waals surface area contributed by atoms with E-state index in [0.29, 0.717) is 36.1 Å². The summed E-state index contributed by atoms with van der Waals surface area (Å²) < 4.78 is 24.2. The van der Waals surface area contributed by atoms with Crippen LogP contribution in [0.15, 0.2) is 79.1 Å². The Labute approximate surface area is 257 Å². The number of rotatable bonds is 9. The van der Waals surface area contributed by atoms with Gasteiger partial charge in [-0.05, 0) is 78.3 Å². The van der Waals surface area contributed by atoms with E-state index < -0.39 is 0 Å². The Bertz CT molecular complexity index is 1420. The second-order valence-corrected chi connectivity index (χ2v) is 10.5. The average Bonchev–Trinajstić information content (AvgIpc) is 3.64. The van der Waals surface area contributed by atoms with Crippen LogP contribution in [0.5, 0.6) is 5.75 Å². The Morgan fingerprint density at radius 3 is 2.52 bits per heavy atom. The molecule has 5 rings (SSSR count). The van der Waals surface area contributed by atoms with Gasteiger partial charge in [-0.15, -0.1) is 0 Å². The van der Waals surface area contributed by atoms with Crippen LogP contribution in [-0.2, 0) is 35.5 Å². The molecule has 1 unspecified atom stereocenters. The number of anilines is 1. The van der Waals surface area contributed by atoms with E-state index >= 15 is 0 Å². The first kappa shape index (κ1) is 33.1. The lowest BCUT2D eigenvalue weighted by Gasteiger charge is -2.25. The summed E-state index contributed by atoms with van der Waals surface area (Å²) in [5, 5.41) is 0.611. The van der Waals surface area contributed by atoms with E-state index in [4.69, 9.17) is 21.7 Å². The fourth-order valence-corrected chi connectivity index (χ4v) is 5.00. The smallest absolute Gasteiger partial charge is 0.244 e. The number of imidazole rings is 1. The highest BCUT2D eigenvalue weighted by Crippen LogP contribution is 2.29. The maximum Gasteiger partial charge on any atom is 0.244 e. The summed E-state index contributed by atoms with van der Waals surface area (Å²) in [7, 11) is 1.94. The quantitative estimate of drug-likeness (QED) is 0.152. The number of amides is 1. The Balaban J connectivity index is 0.000000313. The van der Waals surface area contributed by atoms with Crippen LogP contribution in [0.2, 0.25) is 5.02 Å². The summed E-state index contributed by atoms with van der Waals surface area (Å²) in [6.07, 6.45) is 7.36. The number of halogens is 2. The number of aromatic nitrogens is 2. The van der Waals surface area contributed by atoms with Gasteiger partial charge in [0.15, 0.2) is 0 Å². The molecule has 7 nitrogen and oxygen atoms in total. The van der Waals surface area contributed by atoms with Crippen LogP contribution < -0.4 is 15.0 Å². The van der Waals surface area contributed by atoms with Crippen LogP contribution in [0, 0.1) is 5.82 Å². The van der Waals surface area contributed by atoms with Crippen LogP contribution in [-0.4, -0.2) is 15.5 Å². The predicted molar refractivity (Wildman–Crippen MR) is 169 cm³/mol. The third kappa shape index (κ3) is 9.59. The monoisotopic (exact) mass is 612 g/mol. The van der Waals surface area contributed by atoms with E-state index in [0.717, 1.165) is 29.9 Å². The van der Waals surface area contributed by atoms with E-state index in [1.807, 2.05) is 49.5 Å². The largest absolute Gasteiger partial charge is 0.399 e. The summed E-state index contributed by atoms with van der Waals surface area (Å²) in [5.74, 6) is 5.95. The molecule has 1 aromatic heterocycles. The maximum atomic E-state index is 13.3. The molecule has 1 aliphatic carbocycles. The number of benzene rings is 3. The predicted octanol–water partition coefficient (Wildman–Crippen LogP) is 7.97. The van der Waals surface area contributed by atoms with Crippen molar-refractivity contribution in [3.05, 3.63) is 112 Å². The van der Waals surface area contributed by atoms with Crippen LogP contribution >= 0.6 is 23.9 Å². The molecule has 42 heavy (non-hydrogen) atoms. The van der Waals surface area contributed by atoms with Crippen LogP contribution in [0.4, 0.5) is 10.1 Å². The van der Waals surface area contributed by atoms with Crippen LogP contribution in [0.3, 0.4) is 0 Å². The molecule has 0 aliphatic heterocycles. The van der Waals surface area contributed by atoms with Crippen LogP contribution in [0.1, 0.15) is 62.0 Å². The molecule has 4 aromatic rings. The van der Waals surface area contributed by atoms with Crippen molar-refractivity contribution < 1.29 is 17.7 Å². The zero-order valence-corrected chi connectivity index (χ0v) is 26.0.